The maximum absolute atomic E-state index is 13.2. The van der Waals surface area contributed by atoms with Gasteiger partial charge in [-0.15, -0.1) is 11.3 Å². The van der Waals surface area contributed by atoms with Crippen molar-refractivity contribution in [1.29, 1.82) is 0 Å². The Morgan fingerprint density at radius 2 is 2.00 bits per heavy atom. The molecule has 1 N–H and O–H groups in total. The lowest BCUT2D eigenvalue weighted by molar-refractivity contribution is -0.387. The van der Waals surface area contributed by atoms with Crippen LogP contribution in [-0.2, 0) is 19.4 Å². The summed E-state index contributed by atoms with van der Waals surface area (Å²) in [4.78, 5) is 32.0. The molecule has 0 saturated carbocycles. The third kappa shape index (κ3) is 5.84. The van der Waals surface area contributed by atoms with Crippen molar-refractivity contribution in [3.05, 3.63) is 104 Å². The van der Waals surface area contributed by atoms with Gasteiger partial charge in [-0.2, -0.15) is 0 Å². The molecule has 1 amide bonds. The maximum Gasteiger partial charge on any atom is 0.283 e. The second-order valence-corrected chi connectivity index (χ2v) is 11.0. The first-order valence-electron chi connectivity index (χ1n) is 12.0. The number of nitro groups is 1. The second-order valence-electron chi connectivity index (χ2n) is 8.81. The number of benzene rings is 2. The van der Waals surface area contributed by atoms with E-state index in [2.05, 4.69) is 10.3 Å². The predicted molar refractivity (Wildman–Crippen MR) is 146 cm³/mol. The minimum Gasteiger partial charge on any atom is -0.467 e. The zero-order chi connectivity index (χ0) is 25.8. The summed E-state index contributed by atoms with van der Waals surface area (Å²) in [7, 11) is 0. The molecule has 0 bridgehead atoms. The molecule has 1 aliphatic rings. The number of rotatable bonds is 8. The highest BCUT2D eigenvalue weighted by molar-refractivity contribution is 7.99. The van der Waals surface area contributed by atoms with Crippen molar-refractivity contribution < 1.29 is 14.1 Å². The molecule has 9 heteroatoms. The maximum atomic E-state index is 13.2. The average Bonchev–Trinajstić information content (AvgIpc) is 3.55. The van der Waals surface area contributed by atoms with Crippen molar-refractivity contribution in [2.24, 2.45) is 4.99 Å². The van der Waals surface area contributed by atoms with E-state index in [-0.39, 0.29) is 16.5 Å². The topological polar surface area (TPSA) is 97.7 Å². The largest absolute Gasteiger partial charge is 0.467 e. The molecule has 0 fully saturated rings. The highest BCUT2D eigenvalue weighted by atomic mass is 32.2. The molecule has 5 rings (SSSR count). The van der Waals surface area contributed by atoms with Crippen molar-refractivity contribution in [2.75, 3.05) is 0 Å². The van der Waals surface area contributed by atoms with Crippen LogP contribution in [0.1, 0.15) is 50.5 Å². The SMILES string of the molecule is Cc1ccc(Sc2ccc(C=Nc3sc4c(c3C(=O)NCc3ccco3)CCCC4)cc2[N+](=O)[O-])cc1. The van der Waals surface area contributed by atoms with Gasteiger partial charge in [0, 0.05) is 22.1 Å². The van der Waals surface area contributed by atoms with Crippen LogP contribution >= 0.6 is 23.1 Å². The van der Waals surface area contributed by atoms with Gasteiger partial charge in [0.1, 0.15) is 10.8 Å². The molecular formula is C28H25N3O4S2. The summed E-state index contributed by atoms with van der Waals surface area (Å²) in [5.74, 6) is 0.497. The molecule has 1 aliphatic carbocycles. The monoisotopic (exact) mass is 531 g/mol. The first-order valence-corrected chi connectivity index (χ1v) is 13.6. The number of nitro benzene ring substituents is 1. The minimum atomic E-state index is -0.370. The lowest BCUT2D eigenvalue weighted by Gasteiger charge is -2.12. The van der Waals surface area contributed by atoms with Crippen LogP contribution in [0.4, 0.5) is 10.7 Å². The zero-order valence-electron chi connectivity index (χ0n) is 20.2. The van der Waals surface area contributed by atoms with E-state index in [1.54, 1.807) is 24.6 Å². The van der Waals surface area contributed by atoms with Crippen molar-refractivity contribution >= 4 is 45.9 Å². The van der Waals surface area contributed by atoms with E-state index in [9.17, 15) is 14.9 Å². The first-order chi connectivity index (χ1) is 18.0. The Morgan fingerprint density at radius 3 is 2.76 bits per heavy atom. The highest BCUT2D eigenvalue weighted by Gasteiger charge is 2.25. The molecule has 2 aromatic carbocycles. The van der Waals surface area contributed by atoms with Gasteiger partial charge in [-0.05, 0) is 74.1 Å². The fraction of sp³-hybridized carbons (Fsp3) is 0.214. The quantitative estimate of drug-likeness (QED) is 0.146. The Bertz CT molecular complexity index is 1460. The van der Waals surface area contributed by atoms with Crippen LogP contribution in [0, 0.1) is 17.0 Å². The van der Waals surface area contributed by atoms with Crippen LogP contribution in [-0.4, -0.2) is 17.0 Å². The smallest absolute Gasteiger partial charge is 0.283 e. The lowest BCUT2D eigenvalue weighted by atomic mass is 9.95. The zero-order valence-corrected chi connectivity index (χ0v) is 21.9. The van der Waals surface area contributed by atoms with E-state index in [0.29, 0.717) is 33.3 Å². The fourth-order valence-electron chi connectivity index (χ4n) is 4.26. The summed E-state index contributed by atoms with van der Waals surface area (Å²) in [5.41, 5.74) is 3.43. The predicted octanol–water partition coefficient (Wildman–Crippen LogP) is 7.27. The van der Waals surface area contributed by atoms with Gasteiger partial charge in [0.2, 0.25) is 0 Å². The summed E-state index contributed by atoms with van der Waals surface area (Å²) in [6, 6.07) is 16.6. The number of hydrogen-bond acceptors (Lipinski definition) is 7. The first kappa shape index (κ1) is 25.0. The van der Waals surface area contributed by atoms with E-state index in [0.717, 1.165) is 41.7 Å². The Morgan fingerprint density at radius 1 is 1.19 bits per heavy atom. The summed E-state index contributed by atoms with van der Waals surface area (Å²) in [5, 5.41) is 15.4. The summed E-state index contributed by atoms with van der Waals surface area (Å²) in [6.45, 7) is 2.30. The van der Waals surface area contributed by atoms with Gasteiger partial charge in [0.15, 0.2) is 0 Å². The normalized spacial score (nSPS) is 13.0. The van der Waals surface area contributed by atoms with E-state index in [4.69, 9.17) is 4.42 Å². The molecule has 2 heterocycles. The van der Waals surface area contributed by atoms with Gasteiger partial charge in [-0.3, -0.25) is 14.9 Å². The number of furan rings is 1. The Kier molecular flexibility index (Phi) is 7.52. The van der Waals surface area contributed by atoms with Crippen molar-refractivity contribution in [1.82, 2.24) is 5.32 Å². The van der Waals surface area contributed by atoms with Crippen molar-refractivity contribution in [3.63, 3.8) is 0 Å². The van der Waals surface area contributed by atoms with Gasteiger partial charge >= 0.3 is 0 Å². The van der Waals surface area contributed by atoms with Gasteiger partial charge in [0.25, 0.3) is 11.6 Å². The van der Waals surface area contributed by atoms with E-state index in [1.807, 2.05) is 43.3 Å². The summed E-state index contributed by atoms with van der Waals surface area (Å²) >= 11 is 2.89. The average molecular weight is 532 g/mol. The van der Waals surface area contributed by atoms with Crippen molar-refractivity contribution in [3.8, 4) is 0 Å². The molecule has 2 aromatic heterocycles. The number of aliphatic imine (C=N–C) groups is 1. The van der Waals surface area contributed by atoms with Crippen LogP contribution in [0.2, 0.25) is 0 Å². The summed E-state index contributed by atoms with van der Waals surface area (Å²) < 4.78 is 5.33. The van der Waals surface area contributed by atoms with Crippen LogP contribution in [0.3, 0.4) is 0 Å². The van der Waals surface area contributed by atoms with Gasteiger partial charge in [0.05, 0.1) is 28.2 Å². The molecule has 4 aromatic rings. The van der Waals surface area contributed by atoms with Crippen LogP contribution < -0.4 is 5.32 Å². The Balaban J connectivity index is 1.41. The molecule has 0 unspecified atom stereocenters. The molecule has 0 radical (unpaired) electrons. The van der Waals surface area contributed by atoms with Gasteiger partial charge < -0.3 is 9.73 Å². The number of aryl methyl sites for hydroxylation is 2. The van der Waals surface area contributed by atoms with Gasteiger partial charge in [-0.25, -0.2) is 4.99 Å². The lowest BCUT2D eigenvalue weighted by Crippen LogP contribution is -2.23. The van der Waals surface area contributed by atoms with E-state index >= 15 is 0 Å². The molecule has 0 spiro atoms. The van der Waals surface area contributed by atoms with E-state index < -0.39 is 0 Å². The van der Waals surface area contributed by atoms with Crippen LogP contribution in [0.5, 0.6) is 0 Å². The molecular weight excluding hydrogens is 506 g/mol. The molecule has 0 atom stereocenters. The number of hydrogen-bond donors (Lipinski definition) is 1. The summed E-state index contributed by atoms with van der Waals surface area (Å²) in [6.07, 6.45) is 7.10. The fourth-order valence-corrected chi connectivity index (χ4v) is 6.39. The number of thiophene rings is 1. The molecule has 0 aliphatic heterocycles. The Hall–Kier alpha value is -3.69. The molecule has 0 saturated heterocycles. The third-order valence-corrected chi connectivity index (χ3v) is 8.42. The molecule has 188 valence electrons. The van der Waals surface area contributed by atoms with Gasteiger partial charge in [-0.1, -0.05) is 35.5 Å². The number of carbonyl (C=O) groups is 1. The molecule has 7 nitrogen and oxygen atoms in total. The number of nitrogens with one attached hydrogen (secondary N) is 1. The number of nitrogens with zero attached hydrogens (tertiary/aromatic N) is 2. The minimum absolute atomic E-state index is 0.0245. The highest BCUT2D eigenvalue weighted by Crippen LogP contribution is 2.40. The number of carbonyl (C=O) groups excluding carboxylic acids is 1. The second kappa shape index (κ2) is 11.1. The third-order valence-electron chi connectivity index (χ3n) is 6.14. The number of amides is 1. The van der Waals surface area contributed by atoms with E-state index in [1.165, 1.54) is 34.0 Å². The number of fused-ring (bicyclic) bond motifs is 1. The van der Waals surface area contributed by atoms with Crippen LogP contribution in [0.15, 0.2) is 80.1 Å². The van der Waals surface area contributed by atoms with Crippen molar-refractivity contribution in [2.45, 2.75) is 48.9 Å². The Labute approximate surface area is 222 Å². The van der Waals surface area contributed by atoms with Crippen LogP contribution in [0.25, 0.3) is 0 Å². The molecule has 37 heavy (non-hydrogen) atoms. The standard InChI is InChI=1S/C28H25N3O4S2/c1-18-8-11-21(12-9-18)36-25-13-10-19(15-23(25)31(33)34)16-30-28-26(22-6-2-3-7-24(22)37-28)27(32)29-17-20-5-4-14-35-20/h4-5,8-16H,2-3,6-7,17H2,1H3,(H,29,32).